The molecule has 5 heterocycles. The van der Waals surface area contributed by atoms with E-state index in [0.717, 1.165) is 144 Å². The van der Waals surface area contributed by atoms with Gasteiger partial charge in [0.25, 0.3) is 0 Å². The Bertz CT molecular complexity index is 4290. The monoisotopic (exact) mass is 1200 g/mol. The van der Waals surface area contributed by atoms with Gasteiger partial charge in [-0.2, -0.15) is 0 Å². The van der Waals surface area contributed by atoms with Crippen LogP contribution in [0.3, 0.4) is 0 Å². The van der Waals surface area contributed by atoms with Crippen molar-refractivity contribution >= 4 is 69.8 Å². The Hall–Kier alpha value is -8.14. The molecule has 0 atom stereocenters. The molecular formula is C75H81B2N6O7+. The first-order valence-electron chi connectivity index (χ1n) is 32.5. The third kappa shape index (κ3) is 12.2. The van der Waals surface area contributed by atoms with Crippen molar-refractivity contribution in [3.63, 3.8) is 0 Å². The number of benzene rings is 8. The van der Waals surface area contributed by atoms with Crippen molar-refractivity contribution in [1.82, 2.24) is 25.0 Å². The van der Waals surface area contributed by atoms with Crippen LogP contribution in [0.15, 0.2) is 152 Å². The summed E-state index contributed by atoms with van der Waals surface area (Å²) < 4.78 is 10.0. The number of hydrogen-bond donors (Lipinski definition) is 6. The van der Waals surface area contributed by atoms with Gasteiger partial charge >= 0.3 is 14.2 Å². The van der Waals surface area contributed by atoms with E-state index in [1.807, 2.05) is 36.4 Å². The number of amides is 2. The van der Waals surface area contributed by atoms with Crippen molar-refractivity contribution in [2.75, 3.05) is 57.3 Å². The van der Waals surface area contributed by atoms with Gasteiger partial charge in [-0.15, -0.1) is 0 Å². The van der Waals surface area contributed by atoms with Crippen LogP contribution in [0, 0.1) is 0 Å². The van der Waals surface area contributed by atoms with E-state index in [4.69, 9.17) is 4.74 Å². The number of carbonyl (C=O) groups excluding carboxylic acids is 2. The van der Waals surface area contributed by atoms with Gasteiger partial charge in [-0.05, 0) is 160 Å². The predicted molar refractivity (Wildman–Crippen MR) is 363 cm³/mol. The molecule has 15 heteroatoms. The van der Waals surface area contributed by atoms with Crippen LogP contribution in [0.2, 0.25) is 0 Å². The molecule has 13 rings (SSSR count). The molecule has 0 aromatic heterocycles. The van der Waals surface area contributed by atoms with Crippen molar-refractivity contribution in [2.24, 2.45) is 0 Å². The van der Waals surface area contributed by atoms with Crippen molar-refractivity contribution in [1.29, 1.82) is 0 Å². The van der Waals surface area contributed by atoms with Gasteiger partial charge in [-0.1, -0.05) is 122 Å². The van der Waals surface area contributed by atoms with E-state index >= 15 is 0 Å². The van der Waals surface area contributed by atoms with Crippen LogP contribution in [-0.4, -0.2) is 108 Å². The number of ether oxygens (including phenoxy) is 1. The molecule has 0 radical (unpaired) electrons. The molecule has 0 saturated heterocycles. The minimum absolute atomic E-state index is 0.189. The average molecular weight is 1200 g/mol. The number of anilines is 1. The SMILES string of the molecule is C=C(C)C(=O)NCCCN(Cc1ccccc1B(O)O)Cc1c2ccccc2c(CN(CCCNC(=O)C(=C)C)Cc2ccccc2B(O)O)c2cc(-c3ccc(C4=c5cc6c7c(c5Oc5c4cc4c8c5CCCN8CCC4)CCC[N+]=7CCC6)cc3)ccc12. The zero-order valence-electron chi connectivity index (χ0n) is 52.1. The van der Waals surface area contributed by atoms with E-state index in [1.54, 1.807) is 26.0 Å². The molecule has 458 valence electrons. The summed E-state index contributed by atoms with van der Waals surface area (Å²) in [5.74, 6) is 1.72. The number of rotatable bonds is 22. The number of nitrogens with one attached hydrogen (secondary N) is 2. The fraction of sp³-hybridized carbons (Fsp3) is 0.320. The second-order valence-corrected chi connectivity index (χ2v) is 25.5. The highest BCUT2D eigenvalue weighted by Crippen LogP contribution is 2.49. The van der Waals surface area contributed by atoms with Crippen LogP contribution in [0.25, 0.3) is 38.2 Å². The van der Waals surface area contributed by atoms with Crippen molar-refractivity contribution in [3.05, 3.63) is 218 Å². The Morgan fingerprint density at radius 2 is 1.09 bits per heavy atom. The van der Waals surface area contributed by atoms with Crippen LogP contribution in [0.1, 0.15) is 108 Å². The fourth-order valence-electron chi connectivity index (χ4n) is 15.1. The maximum Gasteiger partial charge on any atom is 0.488 e. The van der Waals surface area contributed by atoms with E-state index < -0.39 is 14.2 Å². The molecule has 0 unspecified atom stereocenters. The summed E-state index contributed by atoms with van der Waals surface area (Å²) in [6.45, 7) is 19.3. The fourth-order valence-corrected chi connectivity index (χ4v) is 15.1. The van der Waals surface area contributed by atoms with E-state index in [-0.39, 0.29) is 11.8 Å². The first-order valence-corrected chi connectivity index (χ1v) is 32.5. The summed E-state index contributed by atoms with van der Waals surface area (Å²) in [4.78, 5) is 32.7. The second kappa shape index (κ2) is 26.4. The normalized spacial score (nSPS) is 14.6. The third-order valence-electron chi connectivity index (χ3n) is 19.3. The molecule has 6 N–H and O–H groups in total. The number of hydrogen-bond acceptors (Lipinski definition) is 10. The van der Waals surface area contributed by atoms with Crippen LogP contribution < -0.4 is 46.3 Å². The van der Waals surface area contributed by atoms with Gasteiger partial charge in [-0.3, -0.25) is 19.4 Å². The van der Waals surface area contributed by atoms with Crippen molar-refractivity contribution < 1.29 is 34.4 Å². The lowest BCUT2D eigenvalue weighted by molar-refractivity contribution is -0.118. The molecule has 13 nitrogen and oxygen atoms in total. The quantitative estimate of drug-likeness (QED) is 0.0131. The first-order chi connectivity index (χ1) is 43.8. The highest BCUT2D eigenvalue weighted by molar-refractivity contribution is 6.59. The third-order valence-corrected chi connectivity index (χ3v) is 19.3. The van der Waals surface area contributed by atoms with Crippen LogP contribution >= 0.6 is 0 Å². The van der Waals surface area contributed by atoms with E-state index in [1.165, 1.54) is 55.2 Å². The van der Waals surface area contributed by atoms with Gasteiger partial charge in [0.1, 0.15) is 24.6 Å². The van der Waals surface area contributed by atoms with Gasteiger partial charge in [-0.25, -0.2) is 4.58 Å². The minimum atomic E-state index is -1.66. The molecule has 0 bridgehead atoms. The average Bonchev–Trinajstić information content (AvgIpc) is 0.737. The van der Waals surface area contributed by atoms with Gasteiger partial charge in [0.2, 0.25) is 17.2 Å². The van der Waals surface area contributed by atoms with E-state index in [9.17, 15) is 29.7 Å². The van der Waals surface area contributed by atoms with Gasteiger partial charge in [0.15, 0.2) is 0 Å². The number of carbonyl (C=O) groups is 2. The number of nitrogens with zero attached hydrogens (tertiary/aromatic N) is 4. The Balaban J connectivity index is 0.956. The molecule has 5 aliphatic rings. The van der Waals surface area contributed by atoms with E-state index in [0.29, 0.717) is 87.3 Å². The second-order valence-electron chi connectivity index (χ2n) is 25.5. The summed E-state index contributed by atoms with van der Waals surface area (Å²) in [5.41, 5.74) is 18.4. The molecule has 0 aliphatic carbocycles. The Morgan fingerprint density at radius 1 is 0.567 bits per heavy atom. The van der Waals surface area contributed by atoms with Crippen LogP contribution in [0.5, 0.6) is 11.5 Å². The van der Waals surface area contributed by atoms with Crippen LogP contribution in [-0.2, 0) is 61.5 Å². The molecule has 8 aromatic rings. The molecule has 2 amide bonds. The maximum absolute atomic E-state index is 12.7. The van der Waals surface area contributed by atoms with Gasteiger partial charge in [0.05, 0.1) is 5.56 Å². The van der Waals surface area contributed by atoms with E-state index in [2.05, 4.69) is 122 Å². The number of aryl methyl sites for hydroxylation is 2. The summed E-state index contributed by atoms with van der Waals surface area (Å²) in [6, 6.07) is 44.5. The topological polar surface area (TPSA) is 161 Å². The Kier molecular flexibility index (Phi) is 17.8. The molecular weight excluding hydrogens is 1120 g/mol. The zero-order valence-corrected chi connectivity index (χ0v) is 52.1. The Morgan fingerprint density at radius 3 is 1.70 bits per heavy atom. The summed E-state index contributed by atoms with van der Waals surface area (Å²) in [5, 5.41) is 55.5. The highest BCUT2D eigenvalue weighted by Gasteiger charge is 2.36. The lowest BCUT2D eigenvalue weighted by Crippen LogP contribution is -2.45. The Labute approximate surface area is 528 Å². The highest BCUT2D eigenvalue weighted by atomic mass is 16.5. The summed E-state index contributed by atoms with van der Waals surface area (Å²) >= 11 is 0. The molecule has 8 aromatic carbocycles. The standard InChI is InChI=1S/C75H80B2N6O7/c1-48(2)74(84)78-33-15-35-80(44-55-17-5-9-25-67(55)76(86)87)46-65-57-21-7-8-22-58(57)66(47-81(36-16-34-79-75(85)49(3)4)45-56-18-6-10-26-68(56)77(88)89)62-41-52(31-32-59(62)65)50-27-29-51(30-28-50)69-63-42-53-19-11-37-82-39-13-23-60(70(53)82)72(63)90-73-61-24-14-40-83-38-12-20-54(71(61)83)43-64(69)73/h5-10,17-18,21-22,25-32,41-43,86-89H,1,3,11-16,19-20,23-24,33-40,44-47H2,2,4H3,(H-,78,79,84,85)/p+1. The predicted octanol–water partition coefficient (Wildman–Crippen LogP) is 7.62. The molecule has 0 fully saturated rings. The zero-order chi connectivity index (χ0) is 62.2. The lowest BCUT2D eigenvalue weighted by atomic mass is 9.77. The van der Waals surface area contributed by atoms with Crippen LogP contribution in [0.4, 0.5) is 5.69 Å². The molecule has 90 heavy (non-hydrogen) atoms. The molecule has 5 aliphatic heterocycles. The summed E-state index contributed by atoms with van der Waals surface area (Å²) in [6.07, 6.45) is 9.96. The van der Waals surface area contributed by atoms with Crippen molar-refractivity contribution in [2.45, 2.75) is 104 Å². The molecule has 0 spiro atoms. The first kappa shape index (κ1) is 60.8. The summed E-state index contributed by atoms with van der Waals surface area (Å²) in [7, 11) is -3.31. The maximum atomic E-state index is 12.7. The largest absolute Gasteiger partial charge is 0.488 e. The molecule has 0 saturated carbocycles. The van der Waals surface area contributed by atoms with Crippen molar-refractivity contribution in [3.8, 4) is 22.6 Å². The lowest BCUT2D eigenvalue weighted by Gasteiger charge is -2.39. The van der Waals surface area contributed by atoms with Gasteiger partial charge < -0.3 is 40.4 Å². The van der Waals surface area contributed by atoms with Gasteiger partial charge in [0, 0.05) is 123 Å². The smallest absolute Gasteiger partial charge is 0.455 e. The minimum Gasteiger partial charge on any atom is -0.455 e. The number of fused-ring (bicyclic) bond motifs is 6.